The van der Waals surface area contributed by atoms with Crippen LogP contribution in [0.25, 0.3) is 0 Å². The van der Waals surface area contributed by atoms with E-state index in [2.05, 4.69) is 5.32 Å². The molecule has 1 N–H and O–H groups in total. The molecule has 10 heteroatoms. The van der Waals surface area contributed by atoms with Gasteiger partial charge in [0, 0.05) is 0 Å². The highest BCUT2D eigenvalue weighted by atomic mass is 32.2. The summed E-state index contributed by atoms with van der Waals surface area (Å²) in [4.78, 5) is 12.9. The van der Waals surface area contributed by atoms with Crippen LogP contribution in [-0.4, -0.2) is 42.2 Å². The van der Waals surface area contributed by atoms with Crippen LogP contribution < -0.4 is 23.8 Å². The molecule has 3 aromatic rings. The van der Waals surface area contributed by atoms with E-state index in [0.717, 1.165) is 10.4 Å². The molecule has 1 unspecified atom stereocenters. The highest BCUT2D eigenvalue weighted by Gasteiger charge is 2.29. The summed E-state index contributed by atoms with van der Waals surface area (Å²) in [5, 5.41) is 2.76. The average Bonchev–Trinajstić information content (AvgIpc) is 2.87. The predicted octanol–water partition coefficient (Wildman–Crippen LogP) is 3.92. The second-order valence-corrected chi connectivity index (χ2v) is 9.40. The van der Waals surface area contributed by atoms with Crippen molar-refractivity contribution < 1.29 is 31.8 Å². The zero-order valence-electron chi connectivity index (χ0n) is 19.8. The Bertz CT molecular complexity index is 1280. The SMILES string of the molecule is COc1ccc(S(=O)(=O)N(CC(=O)NC(C)c2ccc(OC)c(OC)c2)c2ccccc2F)cc1. The van der Waals surface area contributed by atoms with Gasteiger partial charge in [0.2, 0.25) is 5.91 Å². The Morgan fingerprint density at radius 3 is 2.20 bits per heavy atom. The molecule has 0 fully saturated rings. The van der Waals surface area contributed by atoms with Gasteiger partial charge in [-0.15, -0.1) is 0 Å². The van der Waals surface area contributed by atoms with Crippen molar-refractivity contribution in [3.63, 3.8) is 0 Å². The van der Waals surface area contributed by atoms with Gasteiger partial charge in [-0.1, -0.05) is 18.2 Å². The van der Waals surface area contributed by atoms with E-state index in [1.54, 1.807) is 25.1 Å². The minimum Gasteiger partial charge on any atom is -0.497 e. The van der Waals surface area contributed by atoms with E-state index >= 15 is 0 Å². The van der Waals surface area contributed by atoms with Crippen LogP contribution in [0.4, 0.5) is 10.1 Å². The molecule has 0 aromatic heterocycles. The van der Waals surface area contributed by atoms with Crippen LogP contribution in [0.15, 0.2) is 71.6 Å². The number of rotatable bonds is 10. The zero-order valence-corrected chi connectivity index (χ0v) is 20.6. The van der Waals surface area contributed by atoms with Crippen LogP contribution in [0.2, 0.25) is 0 Å². The molecule has 0 aliphatic rings. The first-order chi connectivity index (χ1) is 16.7. The maximum absolute atomic E-state index is 14.7. The minimum absolute atomic E-state index is 0.109. The van der Waals surface area contributed by atoms with Crippen LogP contribution in [0, 0.1) is 5.82 Å². The van der Waals surface area contributed by atoms with Crippen LogP contribution in [0.3, 0.4) is 0 Å². The van der Waals surface area contributed by atoms with Gasteiger partial charge in [0.15, 0.2) is 11.5 Å². The standard InChI is InChI=1S/C25H27FN2O6S/c1-17(18-9-14-23(33-3)24(15-18)34-4)27-25(29)16-28(22-8-6-5-7-21(22)26)35(30,31)20-12-10-19(32-2)11-13-20/h5-15,17H,16H2,1-4H3,(H,27,29). The minimum atomic E-state index is -4.28. The third-order valence-corrected chi connectivity index (χ3v) is 7.11. The van der Waals surface area contributed by atoms with E-state index in [4.69, 9.17) is 14.2 Å². The molecule has 1 amide bonds. The van der Waals surface area contributed by atoms with Gasteiger partial charge in [0.1, 0.15) is 18.1 Å². The number of amides is 1. The number of para-hydroxylation sites is 1. The first-order valence-corrected chi connectivity index (χ1v) is 12.1. The molecule has 0 radical (unpaired) electrons. The summed E-state index contributed by atoms with van der Waals surface area (Å²) in [5.41, 5.74) is 0.476. The number of sulfonamides is 1. The number of methoxy groups -OCH3 is 3. The largest absolute Gasteiger partial charge is 0.497 e. The Balaban J connectivity index is 1.89. The number of nitrogens with zero attached hydrogens (tertiary/aromatic N) is 1. The third kappa shape index (κ3) is 5.83. The molecule has 3 aromatic carbocycles. The first kappa shape index (κ1) is 25.8. The van der Waals surface area contributed by atoms with Crippen molar-refractivity contribution in [2.24, 2.45) is 0 Å². The van der Waals surface area contributed by atoms with Gasteiger partial charge >= 0.3 is 0 Å². The lowest BCUT2D eigenvalue weighted by Crippen LogP contribution is -2.42. The van der Waals surface area contributed by atoms with Gasteiger partial charge in [-0.05, 0) is 61.0 Å². The quantitative estimate of drug-likeness (QED) is 0.452. The molecule has 0 heterocycles. The Morgan fingerprint density at radius 1 is 0.943 bits per heavy atom. The van der Waals surface area contributed by atoms with Crippen LogP contribution in [0.5, 0.6) is 17.2 Å². The number of ether oxygens (including phenoxy) is 3. The Hall–Kier alpha value is -3.79. The molecule has 35 heavy (non-hydrogen) atoms. The fourth-order valence-electron chi connectivity index (χ4n) is 3.45. The van der Waals surface area contributed by atoms with E-state index < -0.39 is 34.3 Å². The predicted molar refractivity (Wildman–Crippen MR) is 130 cm³/mol. The van der Waals surface area contributed by atoms with Crippen LogP contribution in [-0.2, 0) is 14.8 Å². The van der Waals surface area contributed by atoms with E-state index in [9.17, 15) is 17.6 Å². The zero-order chi connectivity index (χ0) is 25.6. The molecule has 1 atom stereocenters. The lowest BCUT2D eigenvalue weighted by molar-refractivity contribution is -0.120. The normalized spacial score (nSPS) is 11.9. The number of anilines is 1. The molecule has 186 valence electrons. The summed E-state index contributed by atoms with van der Waals surface area (Å²) in [6.07, 6.45) is 0. The highest BCUT2D eigenvalue weighted by molar-refractivity contribution is 7.92. The van der Waals surface area contributed by atoms with Gasteiger partial charge < -0.3 is 19.5 Å². The van der Waals surface area contributed by atoms with Crippen molar-refractivity contribution in [3.05, 3.63) is 78.1 Å². The molecule has 0 aliphatic heterocycles. The van der Waals surface area contributed by atoms with Gasteiger partial charge in [0.25, 0.3) is 10.0 Å². The van der Waals surface area contributed by atoms with E-state index in [1.807, 2.05) is 0 Å². The summed E-state index contributed by atoms with van der Waals surface area (Å²) in [6.45, 7) is 1.11. The molecule has 0 aliphatic carbocycles. The lowest BCUT2D eigenvalue weighted by atomic mass is 10.1. The maximum atomic E-state index is 14.7. The molecular weight excluding hydrogens is 475 g/mol. The number of hydrogen-bond donors (Lipinski definition) is 1. The maximum Gasteiger partial charge on any atom is 0.264 e. The topological polar surface area (TPSA) is 94.2 Å². The fourth-order valence-corrected chi connectivity index (χ4v) is 4.88. The summed E-state index contributed by atoms with van der Waals surface area (Å²) in [5.74, 6) is 0.0908. The summed E-state index contributed by atoms with van der Waals surface area (Å²) < 4.78 is 57.9. The van der Waals surface area contributed by atoms with Gasteiger partial charge in [0.05, 0.1) is 38.0 Å². The Kier molecular flexibility index (Phi) is 8.18. The molecule has 3 rings (SSSR count). The van der Waals surface area contributed by atoms with Crippen molar-refractivity contribution in [2.45, 2.75) is 17.9 Å². The number of nitrogens with one attached hydrogen (secondary N) is 1. The molecular formula is C25H27FN2O6S. The fraction of sp³-hybridized carbons (Fsp3) is 0.240. The van der Waals surface area contributed by atoms with Crippen molar-refractivity contribution in [1.82, 2.24) is 5.32 Å². The number of carbonyl (C=O) groups is 1. The van der Waals surface area contributed by atoms with Crippen LogP contribution >= 0.6 is 0 Å². The Labute approximate surface area is 204 Å². The number of halogens is 1. The number of carbonyl (C=O) groups excluding carboxylic acids is 1. The van der Waals surface area contributed by atoms with Gasteiger partial charge in [-0.2, -0.15) is 0 Å². The van der Waals surface area contributed by atoms with Crippen molar-refractivity contribution in [3.8, 4) is 17.2 Å². The van der Waals surface area contributed by atoms with Gasteiger partial charge in [-0.25, -0.2) is 12.8 Å². The van der Waals surface area contributed by atoms with Crippen molar-refractivity contribution in [1.29, 1.82) is 0 Å². The molecule has 8 nitrogen and oxygen atoms in total. The second-order valence-electron chi connectivity index (χ2n) is 7.54. The smallest absolute Gasteiger partial charge is 0.264 e. The van der Waals surface area contributed by atoms with Crippen molar-refractivity contribution >= 4 is 21.6 Å². The summed E-state index contributed by atoms with van der Waals surface area (Å²) in [7, 11) is 0.199. The number of hydrogen-bond acceptors (Lipinski definition) is 6. The van der Waals surface area contributed by atoms with Crippen molar-refractivity contribution in [2.75, 3.05) is 32.2 Å². The highest BCUT2D eigenvalue weighted by Crippen LogP contribution is 2.30. The molecule has 0 bridgehead atoms. The van der Waals surface area contributed by atoms with E-state index in [-0.39, 0.29) is 10.6 Å². The number of benzene rings is 3. The van der Waals surface area contributed by atoms with E-state index in [0.29, 0.717) is 22.8 Å². The molecule has 0 spiro atoms. The van der Waals surface area contributed by atoms with Crippen LogP contribution in [0.1, 0.15) is 18.5 Å². The monoisotopic (exact) mass is 502 g/mol. The summed E-state index contributed by atoms with van der Waals surface area (Å²) >= 11 is 0. The second kappa shape index (κ2) is 11.1. The van der Waals surface area contributed by atoms with E-state index in [1.165, 1.54) is 63.8 Å². The molecule has 0 saturated heterocycles. The summed E-state index contributed by atoms with van der Waals surface area (Å²) in [6, 6.07) is 15.7. The Morgan fingerprint density at radius 2 is 1.60 bits per heavy atom. The molecule has 0 saturated carbocycles. The lowest BCUT2D eigenvalue weighted by Gasteiger charge is -2.25. The average molecular weight is 503 g/mol. The third-order valence-electron chi connectivity index (χ3n) is 5.34. The van der Waals surface area contributed by atoms with Gasteiger partial charge in [-0.3, -0.25) is 9.10 Å². The first-order valence-electron chi connectivity index (χ1n) is 10.6.